The van der Waals surface area contributed by atoms with Crippen LogP contribution in [0, 0.1) is 5.92 Å². The monoisotopic (exact) mass is 388 g/mol. The van der Waals surface area contributed by atoms with Gasteiger partial charge >= 0.3 is 0 Å². The van der Waals surface area contributed by atoms with Gasteiger partial charge in [0.05, 0.1) is 23.4 Å². The highest BCUT2D eigenvalue weighted by molar-refractivity contribution is 6.07. The van der Waals surface area contributed by atoms with Gasteiger partial charge in [0.1, 0.15) is 5.75 Å². The number of carbonyl (C=O) groups excluding carboxylic acids is 1. The first-order valence-electron chi connectivity index (χ1n) is 10.6. The second kappa shape index (κ2) is 8.64. The van der Waals surface area contributed by atoms with Crippen molar-refractivity contribution in [3.05, 3.63) is 60.2 Å². The van der Waals surface area contributed by atoms with Gasteiger partial charge < -0.3 is 10.1 Å². The Hall–Kier alpha value is -2.88. The van der Waals surface area contributed by atoms with Crippen molar-refractivity contribution < 1.29 is 9.53 Å². The molecule has 3 aromatic rings. The number of hydrogen-bond donors (Lipinski definition) is 1. The first-order valence-corrected chi connectivity index (χ1v) is 10.6. The average Bonchev–Trinajstić information content (AvgIpc) is 2.75. The van der Waals surface area contributed by atoms with Crippen LogP contribution in [0.1, 0.15) is 49.9 Å². The highest BCUT2D eigenvalue weighted by Gasteiger charge is 2.24. The molecule has 1 aromatic heterocycles. The smallest absolute Gasteiger partial charge is 0.252 e. The zero-order valence-corrected chi connectivity index (χ0v) is 17.2. The lowest BCUT2D eigenvalue weighted by Gasteiger charge is -2.29. The second-order valence-electron chi connectivity index (χ2n) is 7.87. The predicted octanol–water partition coefficient (Wildman–Crippen LogP) is 5.61. The Morgan fingerprint density at radius 1 is 1.10 bits per heavy atom. The number of nitrogens with zero attached hydrogens (tertiary/aromatic N) is 1. The highest BCUT2D eigenvalue weighted by atomic mass is 16.5. The summed E-state index contributed by atoms with van der Waals surface area (Å²) in [5.74, 6) is 1.35. The Labute approximate surface area is 172 Å². The number of aromatic nitrogens is 1. The van der Waals surface area contributed by atoms with Crippen LogP contribution in [0.5, 0.6) is 5.75 Å². The summed E-state index contributed by atoms with van der Waals surface area (Å²) < 4.78 is 5.54. The molecule has 0 radical (unpaired) electrons. The molecule has 1 fully saturated rings. The minimum atomic E-state index is -0.00506. The Morgan fingerprint density at radius 2 is 1.86 bits per heavy atom. The molecule has 0 bridgehead atoms. The van der Waals surface area contributed by atoms with E-state index in [1.807, 2.05) is 61.5 Å². The molecule has 0 unspecified atom stereocenters. The number of hydrogen-bond acceptors (Lipinski definition) is 3. The molecule has 150 valence electrons. The molecule has 2 aromatic carbocycles. The van der Waals surface area contributed by atoms with Crippen molar-refractivity contribution in [1.29, 1.82) is 0 Å². The molecule has 1 heterocycles. The topological polar surface area (TPSA) is 51.2 Å². The van der Waals surface area contributed by atoms with Crippen molar-refractivity contribution in [1.82, 2.24) is 10.3 Å². The van der Waals surface area contributed by atoms with Crippen molar-refractivity contribution in [3.63, 3.8) is 0 Å². The standard InChI is InChI=1S/C25H28N2O2/c1-3-29-19-14-12-18(13-15-19)24-16-21(20-9-5-7-11-23(20)26-24)25(28)27-22-10-6-4-8-17(22)2/h5,7,9,11-17,22H,3-4,6,8,10H2,1-2H3,(H,27,28)/t17-,22+/m1/s1. The number of ether oxygens (including phenoxy) is 1. The maximum absolute atomic E-state index is 13.2. The zero-order valence-electron chi connectivity index (χ0n) is 17.2. The largest absolute Gasteiger partial charge is 0.494 e. The van der Waals surface area contributed by atoms with Gasteiger partial charge in [-0.25, -0.2) is 4.98 Å². The summed E-state index contributed by atoms with van der Waals surface area (Å²) in [5, 5.41) is 4.19. The molecule has 29 heavy (non-hydrogen) atoms. The van der Waals surface area contributed by atoms with Crippen LogP contribution in [-0.4, -0.2) is 23.5 Å². The van der Waals surface area contributed by atoms with Crippen molar-refractivity contribution in [2.24, 2.45) is 5.92 Å². The summed E-state index contributed by atoms with van der Waals surface area (Å²) in [6.07, 6.45) is 4.68. The summed E-state index contributed by atoms with van der Waals surface area (Å²) in [6.45, 7) is 4.84. The first-order chi connectivity index (χ1) is 14.2. The van der Waals surface area contributed by atoms with E-state index in [-0.39, 0.29) is 11.9 Å². The van der Waals surface area contributed by atoms with Crippen molar-refractivity contribution >= 4 is 16.8 Å². The lowest BCUT2D eigenvalue weighted by Crippen LogP contribution is -2.41. The van der Waals surface area contributed by atoms with Gasteiger partial charge in [-0.2, -0.15) is 0 Å². The van der Waals surface area contributed by atoms with Gasteiger partial charge in [-0.3, -0.25) is 4.79 Å². The average molecular weight is 389 g/mol. The molecule has 1 amide bonds. The quantitative estimate of drug-likeness (QED) is 0.618. The van der Waals surface area contributed by atoms with E-state index in [9.17, 15) is 4.79 Å². The normalized spacial score (nSPS) is 19.1. The molecular formula is C25H28N2O2. The number of para-hydroxylation sites is 1. The SMILES string of the molecule is CCOc1ccc(-c2cc(C(=O)N[C@H]3CCCC[C@H]3C)c3ccccc3n2)cc1. The number of pyridine rings is 1. The molecule has 0 spiro atoms. The summed E-state index contributed by atoms with van der Waals surface area (Å²) in [6, 6.07) is 17.9. The van der Waals surface area contributed by atoms with Gasteiger partial charge in [0.25, 0.3) is 5.91 Å². The van der Waals surface area contributed by atoms with E-state index in [0.29, 0.717) is 18.1 Å². The van der Waals surface area contributed by atoms with Crippen LogP contribution < -0.4 is 10.1 Å². The fourth-order valence-electron chi connectivity index (χ4n) is 4.18. The molecular weight excluding hydrogens is 360 g/mol. The van der Waals surface area contributed by atoms with Crippen molar-refractivity contribution in [2.45, 2.75) is 45.6 Å². The van der Waals surface area contributed by atoms with E-state index in [0.717, 1.165) is 34.3 Å². The lowest BCUT2D eigenvalue weighted by molar-refractivity contribution is 0.0912. The Morgan fingerprint density at radius 3 is 2.62 bits per heavy atom. The summed E-state index contributed by atoms with van der Waals surface area (Å²) in [5.41, 5.74) is 3.30. The summed E-state index contributed by atoms with van der Waals surface area (Å²) in [4.78, 5) is 18.0. The molecule has 4 nitrogen and oxygen atoms in total. The zero-order chi connectivity index (χ0) is 20.2. The van der Waals surface area contributed by atoms with Crippen LogP contribution in [0.2, 0.25) is 0 Å². The van der Waals surface area contributed by atoms with E-state index in [1.165, 1.54) is 19.3 Å². The predicted molar refractivity (Wildman–Crippen MR) is 117 cm³/mol. The van der Waals surface area contributed by atoms with Gasteiger partial charge in [0.15, 0.2) is 0 Å². The van der Waals surface area contributed by atoms with Crippen LogP contribution in [-0.2, 0) is 0 Å². The molecule has 0 aliphatic heterocycles. The number of amides is 1. The number of benzene rings is 2. The van der Waals surface area contributed by atoms with Crippen LogP contribution in [0.3, 0.4) is 0 Å². The molecule has 1 aliphatic rings. The van der Waals surface area contributed by atoms with Gasteiger partial charge in [0, 0.05) is 17.0 Å². The van der Waals surface area contributed by atoms with Crippen LogP contribution >= 0.6 is 0 Å². The Kier molecular flexibility index (Phi) is 5.79. The molecule has 4 rings (SSSR count). The first kappa shape index (κ1) is 19.4. The van der Waals surface area contributed by atoms with Crippen LogP contribution in [0.4, 0.5) is 0 Å². The van der Waals surface area contributed by atoms with E-state index in [1.54, 1.807) is 0 Å². The molecule has 0 saturated heterocycles. The van der Waals surface area contributed by atoms with Crippen LogP contribution in [0.25, 0.3) is 22.2 Å². The third-order valence-electron chi connectivity index (χ3n) is 5.85. The summed E-state index contributed by atoms with van der Waals surface area (Å²) in [7, 11) is 0. The molecule has 1 N–H and O–H groups in total. The fourth-order valence-corrected chi connectivity index (χ4v) is 4.18. The third-order valence-corrected chi connectivity index (χ3v) is 5.85. The lowest BCUT2D eigenvalue weighted by atomic mass is 9.85. The number of nitrogens with one attached hydrogen (secondary N) is 1. The van der Waals surface area contributed by atoms with E-state index < -0.39 is 0 Å². The third kappa shape index (κ3) is 4.26. The van der Waals surface area contributed by atoms with E-state index in [2.05, 4.69) is 12.2 Å². The van der Waals surface area contributed by atoms with E-state index in [4.69, 9.17) is 9.72 Å². The van der Waals surface area contributed by atoms with Gasteiger partial charge in [-0.1, -0.05) is 38.0 Å². The highest BCUT2D eigenvalue weighted by Crippen LogP contribution is 2.28. The van der Waals surface area contributed by atoms with Gasteiger partial charge in [0.2, 0.25) is 0 Å². The summed E-state index contributed by atoms with van der Waals surface area (Å²) >= 11 is 0. The van der Waals surface area contributed by atoms with Crippen molar-refractivity contribution in [2.75, 3.05) is 6.61 Å². The number of rotatable bonds is 5. The second-order valence-corrected chi connectivity index (χ2v) is 7.87. The number of carbonyl (C=O) groups is 1. The van der Waals surface area contributed by atoms with Crippen LogP contribution in [0.15, 0.2) is 54.6 Å². The minimum absolute atomic E-state index is 0.00506. The minimum Gasteiger partial charge on any atom is -0.494 e. The van der Waals surface area contributed by atoms with Gasteiger partial charge in [-0.05, 0) is 62.1 Å². The Balaban J connectivity index is 1.69. The fraction of sp³-hybridized carbons (Fsp3) is 0.360. The Bertz CT molecular complexity index is 997. The molecule has 1 aliphatic carbocycles. The van der Waals surface area contributed by atoms with Crippen molar-refractivity contribution in [3.8, 4) is 17.0 Å². The molecule has 1 saturated carbocycles. The maximum Gasteiger partial charge on any atom is 0.252 e. The van der Waals surface area contributed by atoms with Gasteiger partial charge in [-0.15, -0.1) is 0 Å². The maximum atomic E-state index is 13.2. The van der Waals surface area contributed by atoms with E-state index >= 15 is 0 Å². The number of fused-ring (bicyclic) bond motifs is 1. The molecule has 4 heteroatoms. The molecule has 2 atom stereocenters.